The molecule has 0 aliphatic carbocycles. The zero-order chi connectivity index (χ0) is 18.8. The Balaban J connectivity index is 1.90. The van der Waals surface area contributed by atoms with E-state index in [9.17, 15) is 5.11 Å². The maximum Gasteiger partial charge on any atom is 0.147 e. The number of benzene rings is 3. The number of nitrogens with zero attached hydrogens (tertiary/aromatic N) is 2. The normalized spacial score (nSPS) is 12.1. The van der Waals surface area contributed by atoms with Crippen LogP contribution in [0.3, 0.4) is 0 Å². The molecule has 3 N–H and O–H groups in total. The molecule has 0 radical (unpaired) electrons. The van der Waals surface area contributed by atoms with Crippen LogP contribution in [0.25, 0.3) is 10.9 Å². The molecule has 1 heterocycles. The minimum atomic E-state index is -0.406. The molecule has 4 rings (SSSR count). The summed E-state index contributed by atoms with van der Waals surface area (Å²) in [6.07, 6.45) is 1.67. The van der Waals surface area contributed by atoms with Gasteiger partial charge in [0.15, 0.2) is 0 Å². The van der Waals surface area contributed by atoms with Crippen molar-refractivity contribution >= 4 is 28.2 Å². The summed E-state index contributed by atoms with van der Waals surface area (Å²) in [7, 11) is 0. The molecule has 0 saturated heterocycles. The lowest BCUT2D eigenvalue weighted by Gasteiger charge is -2.31. The summed E-state index contributed by atoms with van der Waals surface area (Å²) in [5.74, 6) is 6.65. The molecule has 0 aliphatic rings. The quantitative estimate of drug-likeness (QED) is 0.386. The van der Waals surface area contributed by atoms with Gasteiger partial charge in [0.2, 0.25) is 0 Å². The van der Waals surface area contributed by atoms with Crippen molar-refractivity contribution in [1.29, 1.82) is 0 Å². The van der Waals surface area contributed by atoms with Gasteiger partial charge in [-0.05, 0) is 29.8 Å². The van der Waals surface area contributed by atoms with Crippen LogP contribution >= 0.6 is 11.6 Å². The number of anilines is 1. The number of pyridine rings is 1. The van der Waals surface area contributed by atoms with E-state index in [-0.39, 0.29) is 5.75 Å². The predicted octanol–water partition coefficient (Wildman–Crippen LogP) is 5.06. The van der Waals surface area contributed by atoms with Gasteiger partial charge in [-0.15, -0.1) is 0 Å². The first-order valence-electron chi connectivity index (χ1n) is 8.56. The molecule has 1 atom stereocenters. The average Bonchev–Trinajstić information content (AvgIpc) is 2.71. The van der Waals surface area contributed by atoms with E-state index in [0.717, 1.165) is 16.6 Å². The Morgan fingerprint density at radius 2 is 1.74 bits per heavy atom. The maximum atomic E-state index is 11.0. The monoisotopic (exact) mass is 375 g/mol. The molecule has 27 heavy (non-hydrogen) atoms. The number of halogens is 1. The molecule has 0 spiro atoms. The fourth-order valence-corrected chi connectivity index (χ4v) is 3.46. The Morgan fingerprint density at radius 3 is 2.52 bits per heavy atom. The van der Waals surface area contributed by atoms with Gasteiger partial charge in [-0.1, -0.05) is 66.2 Å². The third-order valence-corrected chi connectivity index (χ3v) is 4.81. The zero-order valence-electron chi connectivity index (χ0n) is 14.5. The Labute approximate surface area is 162 Å². The second kappa shape index (κ2) is 7.27. The summed E-state index contributed by atoms with van der Waals surface area (Å²) in [6.45, 7) is 0. The highest BCUT2D eigenvalue weighted by atomic mass is 35.5. The highest BCUT2D eigenvalue weighted by Gasteiger charge is 2.25. The molecule has 4 aromatic rings. The SMILES string of the molecule is NN(c1cccc(Cl)c1)C(c1ccccc1)c1ccc2cccnc2c1O. The Morgan fingerprint density at radius 1 is 0.926 bits per heavy atom. The fraction of sp³-hybridized carbons (Fsp3) is 0.0455. The smallest absolute Gasteiger partial charge is 0.147 e. The van der Waals surface area contributed by atoms with Crippen molar-refractivity contribution in [3.8, 4) is 5.75 Å². The molecule has 5 heteroatoms. The Bertz CT molecular complexity index is 1090. The lowest BCUT2D eigenvalue weighted by atomic mass is 9.95. The second-order valence-corrected chi connectivity index (χ2v) is 6.72. The van der Waals surface area contributed by atoms with Gasteiger partial charge in [-0.3, -0.25) is 9.99 Å². The molecule has 0 saturated carbocycles. The van der Waals surface area contributed by atoms with Crippen LogP contribution in [0.4, 0.5) is 5.69 Å². The van der Waals surface area contributed by atoms with Crippen LogP contribution in [0, 0.1) is 0 Å². The lowest BCUT2D eigenvalue weighted by Crippen LogP contribution is -2.36. The lowest BCUT2D eigenvalue weighted by molar-refractivity contribution is 0.468. The van der Waals surface area contributed by atoms with E-state index in [1.165, 1.54) is 0 Å². The zero-order valence-corrected chi connectivity index (χ0v) is 15.2. The van der Waals surface area contributed by atoms with Crippen LogP contribution < -0.4 is 10.9 Å². The number of aromatic nitrogens is 1. The van der Waals surface area contributed by atoms with Crippen molar-refractivity contribution in [1.82, 2.24) is 4.98 Å². The first-order chi connectivity index (χ1) is 13.1. The standard InChI is InChI=1S/C22H18ClN3O/c23-17-9-4-10-18(14-17)26(24)21(16-6-2-1-3-7-16)19-12-11-15-8-5-13-25-20(15)22(19)27/h1-14,21,27H,24H2. The van der Waals surface area contributed by atoms with Crippen molar-refractivity contribution in [2.45, 2.75) is 6.04 Å². The molecular formula is C22H18ClN3O. The number of fused-ring (bicyclic) bond motifs is 1. The van der Waals surface area contributed by atoms with E-state index in [1.807, 2.05) is 66.7 Å². The van der Waals surface area contributed by atoms with Crippen molar-refractivity contribution in [3.05, 3.63) is 101 Å². The molecular weight excluding hydrogens is 358 g/mol. The molecule has 4 nitrogen and oxygen atoms in total. The van der Waals surface area contributed by atoms with Gasteiger partial charge in [-0.25, -0.2) is 5.84 Å². The van der Waals surface area contributed by atoms with Gasteiger partial charge >= 0.3 is 0 Å². The van der Waals surface area contributed by atoms with Gasteiger partial charge in [0.25, 0.3) is 0 Å². The number of nitrogens with two attached hydrogens (primary N) is 1. The van der Waals surface area contributed by atoms with E-state index in [4.69, 9.17) is 17.4 Å². The second-order valence-electron chi connectivity index (χ2n) is 6.28. The van der Waals surface area contributed by atoms with Crippen LogP contribution in [0.15, 0.2) is 85.1 Å². The van der Waals surface area contributed by atoms with Crippen LogP contribution in [-0.2, 0) is 0 Å². The summed E-state index contributed by atoms with van der Waals surface area (Å²) in [4.78, 5) is 4.33. The van der Waals surface area contributed by atoms with Gasteiger partial charge in [-0.2, -0.15) is 0 Å². The minimum absolute atomic E-state index is 0.124. The van der Waals surface area contributed by atoms with E-state index in [0.29, 0.717) is 16.1 Å². The van der Waals surface area contributed by atoms with Crippen LogP contribution in [0.5, 0.6) is 5.75 Å². The van der Waals surface area contributed by atoms with Crippen molar-refractivity contribution in [2.24, 2.45) is 5.84 Å². The number of phenolic OH excluding ortho intramolecular Hbond substituents is 1. The number of hydrogen-bond acceptors (Lipinski definition) is 4. The Kier molecular flexibility index (Phi) is 4.67. The number of rotatable bonds is 4. The third kappa shape index (κ3) is 3.33. The van der Waals surface area contributed by atoms with E-state index in [2.05, 4.69) is 4.98 Å². The molecule has 3 aromatic carbocycles. The maximum absolute atomic E-state index is 11.0. The molecule has 134 valence electrons. The van der Waals surface area contributed by atoms with Crippen LogP contribution in [0.2, 0.25) is 5.02 Å². The molecule has 0 amide bonds. The van der Waals surface area contributed by atoms with Gasteiger partial charge in [0, 0.05) is 22.2 Å². The topological polar surface area (TPSA) is 62.4 Å². The van der Waals surface area contributed by atoms with Crippen molar-refractivity contribution < 1.29 is 5.11 Å². The number of phenols is 1. The third-order valence-electron chi connectivity index (χ3n) is 4.57. The molecule has 1 aromatic heterocycles. The summed E-state index contributed by atoms with van der Waals surface area (Å²) in [5.41, 5.74) is 2.92. The van der Waals surface area contributed by atoms with Crippen molar-refractivity contribution in [3.63, 3.8) is 0 Å². The molecule has 0 aliphatic heterocycles. The van der Waals surface area contributed by atoms with Crippen molar-refractivity contribution in [2.75, 3.05) is 5.01 Å². The Hall–Kier alpha value is -3.08. The molecule has 0 bridgehead atoms. The van der Waals surface area contributed by atoms with Gasteiger partial charge in [0.05, 0.1) is 11.7 Å². The predicted molar refractivity (Wildman–Crippen MR) is 110 cm³/mol. The van der Waals surface area contributed by atoms with Crippen LogP contribution in [0.1, 0.15) is 17.2 Å². The fourth-order valence-electron chi connectivity index (χ4n) is 3.28. The highest BCUT2D eigenvalue weighted by molar-refractivity contribution is 6.30. The number of aromatic hydroxyl groups is 1. The minimum Gasteiger partial charge on any atom is -0.505 e. The van der Waals surface area contributed by atoms with Crippen LogP contribution in [-0.4, -0.2) is 10.1 Å². The van der Waals surface area contributed by atoms with Gasteiger partial charge < -0.3 is 5.11 Å². The number of hydrazine groups is 1. The first kappa shape index (κ1) is 17.3. The van der Waals surface area contributed by atoms with E-state index < -0.39 is 6.04 Å². The largest absolute Gasteiger partial charge is 0.505 e. The molecule has 1 unspecified atom stereocenters. The molecule has 0 fully saturated rings. The number of hydrogen-bond donors (Lipinski definition) is 2. The summed E-state index contributed by atoms with van der Waals surface area (Å²) >= 11 is 6.15. The average molecular weight is 376 g/mol. The first-order valence-corrected chi connectivity index (χ1v) is 8.94. The summed E-state index contributed by atoms with van der Waals surface area (Å²) in [5, 5.41) is 14.0. The summed E-state index contributed by atoms with van der Waals surface area (Å²) in [6, 6.07) is 24.3. The van der Waals surface area contributed by atoms with E-state index >= 15 is 0 Å². The highest BCUT2D eigenvalue weighted by Crippen LogP contribution is 2.38. The summed E-state index contributed by atoms with van der Waals surface area (Å²) < 4.78 is 0. The van der Waals surface area contributed by atoms with E-state index in [1.54, 1.807) is 23.3 Å². The van der Waals surface area contributed by atoms with Gasteiger partial charge in [0.1, 0.15) is 11.3 Å².